The van der Waals surface area contributed by atoms with Crippen LogP contribution in [0.4, 0.5) is 0 Å². The molecule has 0 amide bonds. The molecule has 12 heteroatoms. The molecule has 0 fully saturated rings. The second-order valence-corrected chi connectivity index (χ2v) is 5.71. The van der Waals surface area contributed by atoms with E-state index in [0.717, 1.165) is 18.2 Å². The van der Waals surface area contributed by atoms with E-state index in [0.29, 0.717) is 0 Å². The first kappa shape index (κ1) is 24.1. The Morgan fingerprint density at radius 3 is 1.88 bits per heavy atom. The average Bonchev–Trinajstić information content (AvgIpc) is 2.73. The van der Waals surface area contributed by atoms with Crippen LogP contribution in [0.2, 0.25) is 0 Å². The summed E-state index contributed by atoms with van der Waals surface area (Å²) in [5.74, 6) is -7.94. The number of fused-ring (bicyclic) bond motifs is 1. The van der Waals surface area contributed by atoms with Gasteiger partial charge in [-0.05, 0) is 20.8 Å². The summed E-state index contributed by atoms with van der Waals surface area (Å²) >= 11 is 0. The maximum atomic E-state index is 12.6. The average molecular weight is 450 g/mol. The summed E-state index contributed by atoms with van der Waals surface area (Å²) in [6.07, 6.45) is 0. The second kappa shape index (κ2) is 10.7. The lowest BCUT2D eigenvalue weighted by Crippen LogP contribution is -2.24. The molecule has 2 aromatic rings. The van der Waals surface area contributed by atoms with Gasteiger partial charge in [-0.2, -0.15) is 0 Å². The molecule has 1 heterocycles. The van der Waals surface area contributed by atoms with E-state index in [1.165, 1.54) is 20.8 Å². The van der Waals surface area contributed by atoms with Crippen molar-refractivity contribution in [1.82, 2.24) is 0 Å². The fourth-order valence-corrected chi connectivity index (χ4v) is 2.34. The van der Waals surface area contributed by atoms with Crippen molar-refractivity contribution >= 4 is 40.8 Å². The van der Waals surface area contributed by atoms with Gasteiger partial charge in [-0.15, -0.1) is 0 Å². The van der Waals surface area contributed by atoms with E-state index in [2.05, 4.69) is 9.47 Å². The number of carbonyl (C=O) groups excluding carboxylic acids is 5. The number of carbonyl (C=O) groups is 5. The van der Waals surface area contributed by atoms with Gasteiger partial charge in [0.05, 0.1) is 19.8 Å². The van der Waals surface area contributed by atoms with Gasteiger partial charge in [0.25, 0.3) is 0 Å². The molecule has 0 N–H and O–H groups in total. The van der Waals surface area contributed by atoms with E-state index in [4.69, 9.17) is 18.6 Å². The quantitative estimate of drug-likeness (QED) is 0.265. The molecule has 0 aliphatic carbocycles. The molecule has 1 aromatic heterocycles. The zero-order chi connectivity index (χ0) is 23.8. The summed E-state index contributed by atoms with van der Waals surface area (Å²) in [5.41, 5.74) is -1.19. The van der Waals surface area contributed by atoms with E-state index in [-0.39, 0.29) is 30.8 Å². The monoisotopic (exact) mass is 450 g/mol. The van der Waals surface area contributed by atoms with Crippen molar-refractivity contribution in [3.05, 3.63) is 34.2 Å². The third-order valence-corrected chi connectivity index (χ3v) is 3.54. The van der Waals surface area contributed by atoms with Crippen LogP contribution in [-0.4, -0.2) is 49.7 Å². The van der Waals surface area contributed by atoms with Crippen LogP contribution in [0.1, 0.15) is 31.3 Å². The fourth-order valence-electron chi connectivity index (χ4n) is 2.34. The van der Waals surface area contributed by atoms with Crippen LogP contribution < -0.4 is 14.9 Å². The van der Waals surface area contributed by atoms with Crippen LogP contribution >= 0.6 is 0 Å². The first-order valence-electron chi connectivity index (χ1n) is 9.28. The predicted octanol–water partition coefficient (Wildman–Crippen LogP) is 0.907. The van der Waals surface area contributed by atoms with Crippen molar-refractivity contribution in [2.75, 3.05) is 19.8 Å². The Labute approximate surface area is 179 Å². The first-order valence-corrected chi connectivity index (χ1v) is 9.28. The normalized spacial score (nSPS) is 10.2. The molecule has 0 spiro atoms. The molecule has 0 radical (unpaired) electrons. The summed E-state index contributed by atoms with van der Waals surface area (Å²) < 4.78 is 28.9. The number of hydrogen-bond acceptors (Lipinski definition) is 12. The van der Waals surface area contributed by atoms with Crippen LogP contribution in [-0.2, 0) is 33.4 Å². The van der Waals surface area contributed by atoms with Crippen LogP contribution in [0.15, 0.2) is 27.4 Å². The summed E-state index contributed by atoms with van der Waals surface area (Å²) in [4.78, 5) is 71.5. The standard InChI is InChI=1S/C20H18O12/c1-4-27-16(22)14-9-11(21)15-12(31-14)7-10(30-19(25)17(23)28-5-2)8-13(15)32-20(26)18(24)29-6-3/h7-9H,4-6H2,1-3H3. The van der Waals surface area contributed by atoms with Crippen molar-refractivity contribution in [2.24, 2.45) is 0 Å². The molecular weight excluding hydrogens is 432 g/mol. The molecule has 170 valence electrons. The Morgan fingerprint density at radius 2 is 1.31 bits per heavy atom. The maximum Gasteiger partial charge on any atom is 0.422 e. The van der Waals surface area contributed by atoms with Crippen molar-refractivity contribution in [1.29, 1.82) is 0 Å². The Morgan fingerprint density at radius 1 is 0.750 bits per heavy atom. The third-order valence-electron chi connectivity index (χ3n) is 3.54. The van der Waals surface area contributed by atoms with Gasteiger partial charge in [0.1, 0.15) is 22.5 Å². The lowest BCUT2D eigenvalue weighted by atomic mass is 10.2. The SMILES string of the molecule is CCOC(=O)C(=O)Oc1cc(OC(=O)C(=O)OCC)c2c(=O)cc(C(=O)OCC)oc2c1. The van der Waals surface area contributed by atoms with Crippen LogP contribution in [0.3, 0.4) is 0 Å². The third kappa shape index (κ3) is 5.68. The molecular formula is C20H18O12. The summed E-state index contributed by atoms with van der Waals surface area (Å²) in [6, 6.07) is 2.70. The minimum absolute atomic E-state index is 0.000175. The maximum absolute atomic E-state index is 12.6. The van der Waals surface area contributed by atoms with Crippen LogP contribution in [0, 0.1) is 0 Å². The van der Waals surface area contributed by atoms with E-state index in [9.17, 15) is 28.8 Å². The topological polar surface area (TPSA) is 162 Å². The molecule has 0 saturated carbocycles. The van der Waals surface area contributed by atoms with Crippen molar-refractivity contribution in [3.8, 4) is 11.5 Å². The molecule has 12 nitrogen and oxygen atoms in total. The number of benzene rings is 1. The van der Waals surface area contributed by atoms with Gasteiger partial charge in [-0.25, -0.2) is 24.0 Å². The van der Waals surface area contributed by atoms with E-state index < -0.39 is 52.5 Å². The van der Waals surface area contributed by atoms with Crippen LogP contribution in [0.5, 0.6) is 11.5 Å². The number of esters is 5. The lowest BCUT2D eigenvalue weighted by Gasteiger charge is -2.10. The predicted molar refractivity (Wildman–Crippen MR) is 103 cm³/mol. The van der Waals surface area contributed by atoms with Gasteiger partial charge in [-0.1, -0.05) is 0 Å². The molecule has 0 aliphatic heterocycles. The number of hydrogen-bond donors (Lipinski definition) is 0. The van der Waals surface area contributed by atoms with Crippen molar-refractivity contribution in [2.45, 2.75) is 20.8 Å². The molecule has 0 saturated heterocycles. The minimum atomic E-state index is -1.48. The molecule has 1 aromatic carbocycles. The molecule has 0 aliphatic rings. The Kier molecular flexibility index (Phi) is 8.04. The largest absolute Gasteiger partial charge is 0.460 e. The molecule has 2 rings (SSSR count). The minimum Gasteiger partial charge on any atom is -0.460 e. The van der Waals surface area contributed by atoms with Gasteiger partial charge in [0.15, 0.2) is 5.43 Å². The first-order chi connectivity index (χ1) is 15.2. The van der Waals surface area contributed by atoms with E-state index >= 15 is 0 Å². The second-order valence-electron chi connectivity index (χ2n) is 5.71. The van der Waals surface area contributed by atoms with Crippen molar-refractivity contribution < 1.29 is 52.1 Å². The van der Waals surface area contributed by atoms with Gasteiger partial charge in [0.2, 0.25) is 5.76 Å². The summed E-state index contributed by atoms with van der Waals surface area (Å²) in [5, 5.41) is -0.355. The molecule has 0 unspecified atom stereocenters. The fraction of sp³-hybridized carbons (Fsp3) is 0.300. The molecule has 0 atom stereocenters. The Balaban J connectivity index is 2.59. The van der Waals surface area contributed by atoms with Gasteiger partial charge < -0.3 is 28.1 Å². The highest BCUT2D eigenvalue weighted by molar-refractivity contribution is 6.31. The van der Waals surface area contributed by atoms with E-state index in [1.807, 2.05) is 0 Å². The van der Waals surface area contributed by atoms with Gasteiger partial charge in [0, 0.05) is 18.2 Å². The number of rotatable bonds is 6. The Bertz CT molecular complexity index is 1130. The highest BCUT2D eigenvalue weighted by Crippen LogP contribution is 2.30. The van der Waals surface area contributed by atoms with Crippen LogP contribution in [0.25, 0.3) is 11.0 Å². The van der Waals surface area contributed by atoms with Gasteiger partial charge >= 0.3 is 29.8 Å². The van der Waals surface area contributed by atoms with E-state index in [1.54, 1.807) is 0 Å². The zero-order valence-corrected chi connectivity index (χ0v) is 17.3. The highest BCUT2D eigenvalue weighted by Gasteiger charge is 2.25. The molecule has 32 heavy (non-hydrogen) atoms. The zero-order valence-electron chi connectivity index (χ0n) is 17.3. The summed E-state index contributed by atoms with van der Waals surface area (Å²) in [6.45, 7) is 4.27. The highest BCUT2D eigenvalue weighted by atomic mass is 16.6. The number of ether oxygens (including phenoxy) is 5. The molecule has 0 bridgehead atoms. The Hall–Kier alpha value is -4.22. The smallest absolute Gasteiger partial charge is 0.422 e. The summed E-state index contributed by atoms with van der Waals surface area (Å²) in [7, 11) is 0. The van der Waals surface area contributed by atoms with Gasteiger partial charge in [-0.3, -0.25) is 4.79 Å². The van der Waals surface area contributed by atoms with Crippen molar-refractivity contribution in [3.63, 3.8) is 0 Å². The lowest BCUT2D eigenvalue weighted by molar-refractivity contribution is -0.162.